The van der Waals surface area contributed by atoms with Crippen molar-refractivity contribution < 1.29 is 30.0 Å². The average molecular weight is 332 g/mol. The first-order chi connectivity index (χ1) is 10.9. The van der Waals surface area contributed by atoms with Crippen molar-refractivity contribution in [3.05, 3.63) is 47.0 Å². The Morgan fingerprint density at radius 1 is 0.750 bits per heavy atom. The molecule has 0 spiro atoms. The first-order valence-corrected chi connectivity index (χ1v) is 7.48. The first-order valence-electron chi connectivity index (χ1n) is 7.48. The molecule has 0 radical (unpaired) electrons. The summed E-state index contributed by atoms with van der Waals surface area (Å²) in [5.74, 6) is -1.01. The molecule has 0 saturated heterocycles. The maximum atomic E-state index is 10.7. The molecule has 3 aliphatic carbocycles. The minimum Gasteiger partial charge on any atom is -0.872 e. The highest BCUT2D eigenvalue weighted by atomic mass is 16.3. The molecule has 0 heterocycles. The monoisotopic (exact) mass is 332 g/mol. The topological polar surface area (TPSA) is 126 Å². The van der Waals surface area contributed by atoms with Crippen LogP contribution in [-0.2, 0) is 9.59 Å². The van der Waals surface area contributed by atoms with Crippen LogP contribution in [0.15, 0.2) is 47.0 Å². The zero-order valence-corrected chi connectivity index (χ0v) is 14.2. The molecule has 0 bridgehead atoms. The highest BCUT2D eigenvalue weighted by Crippen LogP contribution is 2.29. The Labute approximate surface area is 141 Å². The minimum atomic E-state index is -0.586. The van der Waals surface area contributed by atoms with E-state index in [1.165, 1.54) is 13.8 Å². The van der Waals surface area contributed by atoms with Crippen molar-refractivity contribution in [2.24, 2.45) is 11.8 Å². The van der Waals surface area contributed by atoms with Crippen LogP contribution in [0.3, 0.4) is 0 Å². The number of carbonyl (C=O) groups is 2. The molecule has 0 aliphatic heterocycles. The van der Waals surface area contributed by atoms with Gasteiger partial charge in [-0.05, 0) is 25.0 Å². The fourth-order valence-corrected chi connectivity index (χ4v) is 2.38. The standard InChI is InChI=1S/C6H10O2.2C6H6O2/c3*1-3-5(7)4(2)6(3)8/h3-6H,1-2H3;2*7H,1H2,2H3/q-2;;/p-2. The van der Waals surface area contributed by atoms with Crippen LogP contribution in [0.1, 0.15) is 27.7 Å². The lowest BCUT2D eigenvalue weighted by molar-refractivity contribution is -0.558. The average Bonchev–Trinajstić information content (AvgIpc) is 2.63. The van der Waals surface area contributed by atoms with Gasteiger partial charge in [-0.3, -0.25) is 9.59 Å². The number of Topliss-reactive ketones (excluding diaryl/α,β-unsaturated/α-hetero) is 2. The van der Waals surface area contributed by atoms with Crippen LogP contribution in [0.5, 0.6) is 0 Å². The van der Waals surface area contributed by atoms with Crippen molar-refractivity contribution >= 4 is 11.6 Å². The predicted molar refractivity (Wildman–Crippen MR) is 79.6 cm³/mol. The van der Waals surface area contributed by atoms with E-state index in [1.807, 2.05) is 0 Å². The molecule has 0 N–H and O–H groups in total. The van der Waals surface area contributed by atoms with Crippen LogP contribution < -0.4 is 20.4 Å². The van der Waals surface area contributed by atoms with E-state index >= 15 is 0 Å². The molecule has 132 valence electrons. The lowest BCUT2D eigenvalue weighted by Crippen LogP contribution is -2.64. The Bertz CT molecular complexity index is 545. The van der Waals surface area contributed by atoms with Crippen molar-refractivity contribution in [2.45, 2.75) is 39.9 Å². The molecule has 0 amide bonds. The van der Waals surface area contributed by atoms with Gasteiger partial charge in [0.05, 0.1) is 0 Å². The van der Waals surface area contributed by atoms with Gasteiger partial charge in [0.2, 0.25) is 0 Å². The van der Waals surface area contributed by atoms with Crippen molar-refractivity contribution in [2.75, 3.05) is 0 Å². The van der Waals surface area contributed by atoms with Gasteiger partial charge in [0.1, 0.15) is 0 Å². The van der Waals surface area contributed by atoms with E-state index in [1.54, 1.807) is 13.8 Å². The molecule has 0 aromatic rings. The van der Waals surface area contributed by atoms with Crippen molar-refractivity contribution in [1.29, 1.82) is 0 Å². The van der Waals surface area contributed by atoms with E-state index in [-0.39, 0.29) is 46.1 Å². The summed E-state index contributed by atoms with van der Waals surface area (Å²) in [6, 6.07) is 0. The van der Waals surface area contributed by atoms with Gasteiger partial charge in [0.25, 0.3) is 0 Å². The van der Waals surface area contributed by atoms with Gasteiger partial charge in [0, 0.05) is 11.1 Å². The molecular weight excluding hydrogens is 312 g/mol. The molecule has 3 aliphatic rings. The molecule has 0 aromatic carbocycles. The second-order valence-electron chi connectivity index (χ2n) is 6.17. The lowest BCUT2D eigenvalue weighted by atomic mass is 9.71. The molecule has 0 aromatic heterocycles. The Kier molecular flexibility index (Phi) is 5.92. The van der Waals surface area contributed by atoms with Crippen molar-refractivity contribution in [3.63, 3.8) is 0 Å². The number of ketones is 2. The highest BCUT2D eigenvalue weighted by Gasteiger charge is 2.28. The third kappa shape index (κ3) is 3.34. The summed E-state index contributed by atoms with van der Waals surface area (Å²) in [6.45, 7) is 13.0. The third-order valence-electron chi connectivity index (χ3n) is 4.53. The van der Waals surface area contributed by atoms with Crippen LogP contribution in [0.2, 0.25) is 0 Å². The number of carbonyl (C=O) groups excluding carboxylic acids is 2. The third-order valence-corrected chi connectivity index (χ3v) is 4.53. The molecule has 1 saturated carbocycles. The molecule has 1 fully saturated rings. The number of hydrogen-bond donors (Lipinski definition) is 0. The van der Waals surface area contributed by atoms with E-state index in [2.05, 4.69) is 13.2 Å². The minimum absolute atomic E-state index is 0.127. The van der Waals surface area contributed by atoms with E-state index in [4.69, 9.17) is 0 Å². The van der Waals surface area contributed by atoms with Gasteiger partial charge in [0.15, 0.2) is 11.6 Å². The quantitative estimate of drug-likeness (QED) is 0.484. The maximum Gasteiger partial charge on any atom is 0.186 e. The van der Waals surface area contributed by atoms with Gasteiger partial charge >= 0.3 is 0 Å². The van der Waals surface area contributed by atoms with Crippen LogP contribution >= 0.6 is 0 Å². The summed E-state index contributed by atoms with van der Waals surface area (Å²) < 4.78 is 0. The van der Waals surface area contributed by atoms with Crippen LogP contribution in [0.25, 0.3) is 0 Å². The second-order valence-corrected chi connectivity index (χ2v) is 6.17. The molecule has 3 rings (SSSR count). The van der Waals surface area contributed by atoms with Gasteiger partial charge in [-0.25, -0.2) is 0 Å². The molecule has 0 unspecified atom stereocenters. The van der Waals surface area contributed by atoms with E-state index in [0.29, 0.717) is 11.1 Å². The Hall–Kier alpha value is -2.18. The molecule has 6 heteroatoms. The highest BCUT2D eigenvalue weighted by molar-refractivity contribution is 6.18. The van der Waals surface area contributed by atoms with Crippen LogP contribution in [-0.4, -0.2) is 23.8 Å². The normalized spacial score (nSPS) is 31.2. The zero-order valence-electron chi connectivity index (χ0n) is 14.2. The van der Waals surface area contributed by atoms with Gasteiger partial charge in [-0.2, -0.15) is 0 Å². The summed E-state index contributed by atoms with van der Waals surface area (Å²) in [6.07, 6.45) is -1.17. The summed E-state index contributed by atoms with van der Waals surface area (Å²) in [5, 5.41) is 42.1. The van der Waals surface area contributed by atoms with Gasteiger partial charge < -0.3 is 20.4 Å². The van der Waals surface area contributed by atoms with Crippen molar-refractivity contribution in [1.82, 2.24) is 0 Å². The summed E-state index contributed by atoms with van der Waals surface area (Å²) in [7, 11) is 0. The van der Waals surface area contributed by atoms with Gasteiger partial charge in [-0.15, -0.1) is 12.2 Å². The smallest absolute Gasteiger partial charge is 0.186 e. The fourth-order valence-electron chi connectivity index (χ4n) is 2.38. The fraction of sp³-hybridized carbons (Fsp3) is 0.444. The Balaban J connectivity index is 0.000000180. The van der Waals surface area contributed by atoms with Crippen LogP contribution in [0.4, 0.5) is 0 Å². The second kappa shape index (κ2) is 7.15. The van der Waals surface area contributed by atoms with Crippen LogP contribution in [0, 0.1) is 11.8 Å². The summed E-state index contributed by atoms with van der Waals surface area (Å²) in [4.78, 5) is 20.8. The Morgan fingerprint density at radius 3 is 1.08 bits per heavy atom. The maximum absolute atomic E-state index is 10.7. The van der Waals surface area contributed by atoms with Gasteiger partial charge in [-0.1, -0.05) is 50.4 Å². The molecular formula is C18H20O6-4. The zero-order chi connectivity index (χ0) is 18.9. The van der Waals surface area contributed by atoms with E-state index < -0.39 is 12.2 Å². The Morgan fingerprint density at radius 2 is 1.00 bits per heavy atom. The molecule has 0 atom stereocenters. The molecule has 24 heavy (non-hydrogen) atoms. The number of rotatable bonds is 0. The lowest BCUT2D eigenvalue weighted by Gasteiger charge is -2.58. The van der Waals surface area contributed by atoms with E-state index in [9.17, 15) is 30.0 Å². The summed E-state index contributed by atoms with van der Waals surface area (Å²) in [5.41, 5.74) is 0.884. The SMILES string of the molecule is C=C1C(=O)C(C)=C1[O-].C=C1C(=O)C(C)=C1[O-].CC1C([O-])C(C)C1[O-]. The van der Waals surface area contributed by atoms with E-state index in [0.717, 1.165) is 0 Å². The summed E-state index contributed by atoms with van der Waals surface area (Å²) >= 11 is 0. The number of hydrogen-bond acceptors (Lipinski definition) is 6. The first kappa shape index (κ1) is 19.9. The van der Waals surface area contributed by atoms with Crippen molar-refractivity contribution in [3.8, 4) is 0 Å². The largest absolute Gasteiger partial charge is 0.872 e. The number of allylic oxidation sites excluding steroid dienone is 4. The predicted octanol–water partition coefficient (Wildman–Crippen LogP) is -1.75. The molecule has 6 nitrogen and oxygen atoms in total.